The van der Waals surface area contributed by atoms with E-state index in [4.69, 9.17) is 5.73 Å². The highest BCUT2D eigenvalue weighted by atomic mass is 16.6. The molecule has 0 aromatic heterocycles. The van der Waals surface area contributed by atoms with Gasteiger partial charge in [0, 0.05) is 20.1 Å². The van der Waals surface area contributed by atoms with E-state index in [1.807, 2.05) is 0 Å². The SMILES string of the molecule is CN(CCN)C(=O)OCC=O. The standard InChI is InChI=1S/C6H12N2O3/c1-8(3-2-7)6(10)11-5-4-9/h4H,2-3,5,7H2,1H3. The minimum Gasteiger partial charge on any atom is -0.442 e. The summed E-state index contributed by atoms with van der Waals surface area (Å²) >= 11 is 0. The van der Waals surface area contributed by atoms with Crippen LogP contribution in [-0.4, -0.2) is 44.0 Å². The lowest BCUT2D eigenvalue weighted by atomic mass is 10.6. The number of aldehydes is 1. The van der Waals surface area contributed by atoms with Crippen molar-refractivity contribution in [1.82, 2.24) is 4.90 Å². The molecule has 0 rings (SSSR count). The summed E-state index contributed by atoms with van der Waals surface area (Å²) in [4.78, 5) is 21.9. The van der Waals surface area contributed by atoms with E-state index in [0.29, 0.717) is 19.4 Å². The van der Waals surface area contributed by atoms with Crippen molar-refractivity contribution in [2.24, 2.45) is 5.73 Å². The Hall–Kier alpha value is -1.10. The van der Waals surface area contributed by atoms with Gasteiger partial charge in [0.2, 0.25) is 0 Å². The van der Waals surface area contributed by atoms with Gasteiger partial charge in [0.25, 0.3) is 0 Å². The number of ether oxygens (including phenoxy) is 1. The minimum absolute atomic E-state index is 0.201. The Morgan fingerprint density at radius 2 is 2.36 bits per heavy atom. The molecule has 0 aliphatic rings. The number of hydrogen-bond acceptors (Lipinski definition) is 4. The second-order valence-corrected chi connectivity index (χ2v) is 1.95. The summed E-state index contributed by atoms with van der Waals surface area (Å²) in [6.45, 7) is 0.609. The lowest BCUT2D eigenvalue weighted by Crippen LogP contribution is -2.32. The van der Waals surface area contributed by atoms with Gasteiger partial charge >= 0.3 is 6.09 Å². The van der Waals surface area contributed by atoms with Gasteiger partial charge in [-0.25, -0.2) is 4.79 Å². The quantitative estimate of drug-likeness (QED) is 0.547. The molecule has 0 saturated heterocycles. The van der Waals surface area contributed by atoms with Gasteiger partial charge in [0.05, 0.1) is 0 Å². The van der Waals surface area contributed by atoms with Crippen LogP contribution in [0, 0.1) is 0 Å². The van der Waals surface area contributed by atoms with Crippen molar-refractivity contribution in [2.75, 3.05) is 26.7 Å². The van der Waals surface area contributed by atoms with Gasteiger partial charge in [-0.2, -0.15) is 0 Å². The van der Waals surface area contributed by atoms with Gasteiger partial charge in [-0.3, -0.25) is 4.79 Å². The molecule has 1 amide bonds. The summed E-state index contributed by atoms with van der Waals surface area (Å²) in [5, 5.41) is 0. The van der Waals surface area contributed by atoms with E-state index in [1.54, 1.807) is 7.05 Å². The topological polar surface area (TPSA) is 72.6 Å². The van der Waals surface area contributed by atoms with Crippen molar-refractivity contribution in [1.29, 1.82) is 0 Å². The summed E-state index contributed by atoms with van der Waals surface area (Å²) in [5.74, 6) is 0. The Bertz CT molecular complexity index is 138. The van der Waals surface area contributed by atoms with Crippen LogP contribution in [-0.2, 0) is 9.53 Å². The van der Waals surface area contributed by atoms with E-state index in [-0.39, 0.29) is 6.61 Å². The molecule has 0 saturated carbocycles. The van der Waals surface area contributed by atoms with Gasteiger partial charge in [0.1, 0.15) is 6.61 Å². The molecule has 0 heterocycles. The van der Waals surface area contributed by atoms with Crippen molar-refractivity contribution < 1.29 is 14.3 Å². The predicted octanol–water partition coefficient (Wildman–Crippen LogP) is -0.788. The fourth-order valence-electron chi connectivity index (χ4n) is 0.500. The van der Waals surface area contributed by atoms with Crippen molar-refractivity contribution in [3.63, 3.8) is 0 Å². The number of likely N-dealkylation sites (N-methyl/N-ethyl adjacent to an activating group) is 1. The van der Waals surface area contributed by atoms with E-state index in [2.05, 4.69) is 4.74 Å². The average molecular weight is 160 g/mol. The number of nitrogens with zero attached hydrogens (tertiary/aromatic N) is 1. The van der Waals surface area contributed by atoms with Crippen LogP contribution in [0.5, 0.6) is 0 Å². The molecule has 0 spiro atoms. The van der Waals surface area contributed by atoms with E-state index >= 15 is 0 Å². The van der Waals surface area contributed by atoms with Crippen molar-refractivity contribution in [2.45, 2.75) is 0 Å². The number of nitrogens with two attached hydrogens (primary N) is 1. The zero-order valence-electron chi connectivity index (χ0n) is 6.45. The number of rotatable bonds is 4. The third-order valence-corrected chi connectivity index (χ3v) is 1.05. The summed E-state index contributed by atoms with van der Waals surface area (Å²) in [6, 6.07) is 0. The van der Waals surface area contributed by atoms with Crippen LogP contribution in [0.3, 0.4) is 0 Å². The first-order chi connectivity index (χ1) is 5.22. The van der Waals surface area contributed by atoms with Crippen LogP contribution in [0.1, 0.15) is 0 Å². The molecule has 64 valence electrons. The van der Waals surface area contributed by atoms with Crippen molar-refractivity contribution in [3.8, 4) is 0 Å². The smallest absolute Gasteiger partial charge is 0.409 e. The summed E-state index contributed by atoms with van der Waals surface area (Å²) < 4.78 is 4.47. The fourth-order valence-corrected chi connectivity index (χ4v) is 0.500. The molecule has 2 N–H and O–H groups in total. The van der Waals surface area contributed by atoms with E-state index in [9.17, 15) is 9.59 Å². The second kappa shape index (κ2) is 5.67. The van der Waals surface area contributed by atoms with Gasteiger partial charge < -0.3 is 15.4 Å². The summed E-state index contributed by atoms with van der Waals surface area (Å²) in [7, 11) is 1.56. The molecule has 0 aromatic rings. The fraction of sp³-hybridized carbons (Fsp3) is 0.667. The largest absolute Gasteiger partial charge is 0.442 e. The zero-order valence-corrected chi connectivity index (χ0v) is 6.45. The Morgan fingerprint density at radius 3 is 2.82 bits per heavy atom. The van der Waals surface area contributed by atoms with Crippen LogP contribution in [0.4, 0.5) is 4.79 Å². The number of hydrogen-bond donors (Lipinski definition) is 1. The van der Waals surface area contributed by atoms with Crippen molar-refractivity contribution in [3.05, 3.63) is 0 Å². The first kappa shape index (κ1) is 9.90. The van der Waals surface area contributed by atoms with Crippen LogP contribution in [0.25, 0.3) is 0 Å². The van der Waals surface area contributed by atoms with Crippen molar-refractivity contribution >= 4 is 12.4 Å². The summed E-state index contributed by atoms with van der Waals surface area (Å²) in [5.41, 5.74) is 5.18. The van der Waals surface area contributed by atoms with E-state index < -0.39 is 6.09 Å². The highest BCUT2D eigenvalue weighted by Gasteiger charge is 2.06. The predicted molar refractivity (Wildman–Crippen MR) is 39.1 cm³/mol. The van der Waals surface area contributed by atoms with E-state index in [1.165, 1.54) is 4.90 Å². The van der Waals surface area contributed by atoms with Crippen LogP contribution >= 0.6 is 0 Å². The lowest BCUT2D eigenvalue weighted by Gasteiger charge is -2.13. The number of carbonyl (C=O) groups is 2. The monoisotopic (exact) mass is 160 g/mol. The Labute approximate surface area is 65.1 Å². The molecule has 0 radical (unpaired) electrons. The first-order valence-electron chi connectivity index (χ1n) is 3.24. The normalized spacial score (nSPS) is 8.91. The highest BCUT2D eigenvalue weighted by Crippen LogP contribution is 1.86. The first-order valence-corrected chi connectivity index (χ1v) is 3.24. The van der Waals surface area contributed by atoms with Gasteiger partial charge in [-0.1, -0.05) is 0 Å². The molecule has 0 aromatic carbocycles. The molecule has 0 bridgehead atoms. The van der Waals surface area contributed by atoms with Gasteiger partial charge in [-0.15, -0.1) is 0 Å². The third-order valence-electron chi connectivity index (χ3n) is 1.05. The zero-order chi connectivity index (χ0) is 8.69. The molecule has 5 nitrogen and oxygen atoms in total. The van der Waals surface area contributed by atoms with E-state index in [0.717, 1.165) is 0 Å². The van der Waals surface area contributed by atoms with Crippen LogP contribution < -0.4 is 5.73 Å². The number of amides is 1. The maximum absolute atomic E-state index is 10.8. The Morgan fingerprint density at radius 1 is 1.73 bits per heavy atom. The maximum Gasteiger partial charge on any atom is 0.409 e. The van der Waals surface area contributed by atoms with Gasteiger partial charge in [0.15, 0.2) is 6.29 Å². The molecule has 11 heavy (non-hydrogen) atoms. The molecule has 0 unspecified atom stereocenters. The molecule has 0 aliphatic heterocycles. The maximum atomic E-state index is 10.8. The molecule has 0 fully saturated rings. The van der Waals surface area contributed by atoms with Crippen LogP contribution in [0.2, 0.25) is 0 Å². The molecule has 0 atom stereocenters. The summed E-state index contributed by atoms with van der Waals surface area (Å²) in [6.07, 6.45) is -0.00341. The molecule has 0 aliphatic carbocycles. The minimum atomic E-state index is -0.525. The number of carbonyl (C=O) groups excluding carboxylic acids is 2. The third kappa shape index (κ3) is 4.32. The molecular weight excluding hydrogens is 148 g/mol. The Balaban J connectivity index is 3.54. The molecule has 5 heteroatoms. The Kier molecular flexibility index (Phi) is 5.10. The van der Waals surface area contributed by atoms with Crippen LogP contribution in [0.15, 0.2) is 0 Å². The van der Waals surface area contributed by atoms with Gasteiger partial charge in [-0.05, 0) is 0 Å². The average Bonchev–Trinajstić information content (AvgIpc) is 2.00. The lowest BCUT2D eigenvalue weighted by molar-refractivity contribution is -0.110. The molecular formula is C6H12N2O3. The highest BCUT2D eigenvalue weighted by molar-refractivity contribution is 5.69. The second-order valence-electron chi connectivity index (χ2n) is 1.95.